The number of carbonyl (C=O) groups is 1. The van der Waals surface area contributed by atoms with Gasteiger partial charge in [0, 0.05) is 25.7 Å². The van der Waals surface area contributed by atoms with Gasteiger partial charge in [-0.2, -0.15) is 0 Å². The lowest BCUT2D eigenvalue weighted by molar-refractivity contribution is 0.0161. The lowest BCUT2D eigenvalue weighted by Gasteiger charge is -2.35. The second-order valence-corrected chi connectivity index (χ2v) is 10.2. The number of ether oxygens (including phenoxy) is 1. The number of hydrogen-bond acceptors (Lipinski definition) is 5. The van der Waals surface area contributed by atoms with Crippen LogP contribution >= 0.6 is 0 Å². The Morgan fingerprint density at radius 3 is 2.32 bits per heavy atom. The maximum atomic E-state index is 13.0. The third kappa shape index (κ3) is 5.24. The summed E-state index contributed by atoms with van der Waals surface area (Å²) in [5, 5.41) is 3.49. The minimum absolute atomic E-state index is 0.000981. The highest BCUT2D eigenvalue weighted by molar-refractivity contribution is 5.93. The first-order valence-electron chi connectivity index (χ1n) is 11.9. The summed E-state index contributed by atoms with van der Waals surface area (Å²) in [6.45, 7) is 13.8. The van der Waals surface area contributed by atoms with E-state index < -0.39 is 0 Å². The summed E-state index contributed by atoms with van der Waals surface area (Å²) in [5.41, 5.74) is 4.74. The molecule has 0 radical (unpaired) electrons. The van der Waals surface area contributed by atoms with Crippen LogP contribution in [0.5, 0.6) is 0 Å². The molecule has 34 heavy (non-hydrogen) atoms. The van der Waals surface area contributed by atoms with E-state index in [2.05, 4.69) is 55.3 Å². The highest BCUT2D eigenvalue weighted by atomic mass is 16.5. The Hall–Kier alpha value is -2.96. The van der Waals surface area contributed by atoms with Gasteiger partial charge in [0.2, 0.25) is 0 Å². The summed E-state index contributed by atoms with van der Waals surface area (Å²) >= 11 is 0. The van der Waals surface area contributed by atoms with Crippen molar-refractivity contribution in [1.82, 2.24) is 10.2 Å². The molecule has 1 atom stereocenters. The van der Waals surface area contributed by atoms with Crippen molar-refractivity contribution in [2.45, 2.75) is 46.1 Å². The fourth-order valence-electron chi connectivity index (χ4n) is 4.35. The summed E-state index contributed by atoms with van der Waals surface area (Å²) < 4.78 is 11.4. The van der Waals surface area contributed by atoms with Crippen molar-refractivity contribution >= 4 is 16.9 Å². The van der Waals surface area contributed by atoms with Crippen LogP contribution in [-0.4, -0.2) is 43.7 Å². The van der Waals surface area contributed by atoms with Crippen molar-refractivity contribution in [3.05, 3.63) is 80.7 Å². The van der Waals surface area contributed by atoms with E-state index >= 15 is 0 Å². The summed E-state index contributed by atoms with van der Waals surface area (Å²) in [7, 11) is 0. The number of benzene rings is 2. The largest absolute Gasteiger partial charge is 0.451 e. The van der Waals surface area contributed by atoms with Crippen LogP contribution in [0.4, 0.5) is 0 Å². The molecule has 180 valence electrons. The van der Waals surface area contributed by atoms with Gasteiger partial charge in [0.15, 0.2) is 11.2 Å². The van der Waals surface area contributed by atoms with Crippen molar-refractivity contribution in [3.63, 3.8) is 0 Å². The van der Waals surface area contributed by atoms with Crippen molar-refractivity contribution < 1.29 is 13.9 Å². The number of aryl methyl sites for hydroxylation is 2. The van der Waals surface area contributed by atoms with Crippen molar-refractivity contribution in [3.8, 4) is 0 Å². The van der Waals surface area contributed by atoms with Gasteiger partial charge in [0.1, 0.15) is 5.58 Å². The molecule has 2 aromatic carbocycles. The van der Waals surface area contributed by atoms with Crippen molar-refractivity contribution in [2.24, 2.45) is 0 Å². The molecular weight excluding hydrogens is 428 g/mol. The van der Waals surface area contributed by atoms with Gasteiger partial charge in [-0.15, -0.1) is 0 Å². The number of nitrogens with zero attached hydrogens (tertiary/aromatic N) is 1. The average molecular weight is 463 g/mol. The maximum Gasteiger partial charge on any atom is 0.287 e. The lowest BCUT2D eigenvalue weighted by Crippen LogP contribution is -2.43. The third-order valence-corrected chi connectivity index (χ3v) is 6.67. The van der Waals surface area contributed by atoms with Crippen LogP contribution in [-0.2, 0) is 10.2 Å². The molecule has 0 aliphatic carbocycles. The molecule has 1 N–H and O–H groups in total. The molecule has 1 fully saturated rings. The van der Waals surface area contributed by atoms with Gasteiger partial charge >= 0.3 is 0 Å². The molecule has 6 nitrogen and oxygen atoms in total. The highest BCUT2D eigenvalue weighted by Gasteiger charge is 2.25. The van der Waals surface area contributed by atoms with Gasteiger partial charge in [-0.25, -0.2) is 0 Å². The van der Waals surface area contributed by atoms with Crippen LogP contribution in [0.2, 0.25) is 0 Å². The molecule has 6 heteroatoms. The van der Waals surface area contributed by atoms with E-state index in [1.165, 1.54) is 11.6 Å². The van der Waals surface area contributed by atoms with E-state index in [0.717, 1.165) is 29.8 Å². The zero-order chi connectivity index (χ0) is 24.5. The molecule has 0 bridgehead atoms. The summed E-state index contributed by atoms with van der Waals surface area (Å²) in [4.78, 5) is 28.0. The third-order valence-electron chi connectivity index (χ3n) is 6.67. The Bertz CT molecular complexity index is 1230. The second-order valence-electron chi connectivity index (χ2n) is 10.2. The highest BCUT2D eigenvalue weighted by Crippen LogP contribution is 2.27. The number of rotatable bonds is 5. The molecule has 4 rings (SSSR count). The first kappa shape index (κ1) is 24.2. The lowest BCUT2D eigenvalue weighted by atomic mass is 9.86. The van der Waals surface area contributed by atoms with Crippen LogP contribution in [0, 0.1) is 13.8 Å². The Balaban J connectivity index is 1.57. The van der Waals surface area contributed by atoms with Crippen LogP contribution in [0.15, 0.2) is 51.7 Å². The number of morpholine rings is 1. The molecule has 1 saturated heterocycles. The van der Waals surface area contributed by atoms with Crippen molar-refractivity contribution in [2.75, 3.05) is 32.8 Å². The fourth-order valence-corrected chi connectivity index (χ4v) is 4.35. The summed E-state index contributed by atoms with van der Waals surface area (Å²) in [6, 6.07) is 13.5. The average Bonchev–Trinajstić information content (AvgIpc) is 2.81. The number of carbonyl (C=O) groups excluding carboxylic acids is 1. The van der Waals surface area contributed by atoms with E-state index in [-0.39, 0.29) is 28.6 Å². The predicted octanol–water partition coefficient (Wildman–Crippen LogP) is 4.51. The predicted molar refractivity (Wildman–Crippen MR) is 135 cm³/mol. The topological polar surface area (TPSA) is 71.8 Å². The van der Waals surface area contributed by atoms with Gasteiger partial charge in [-0.1, -0.05) is 45.0 Å². The fraction of sp³-hybridized carbons (Fsp3) is 0.429. The normalized spacial score (nSPS) is 15.9. The zero-order valence-corrected chi connectivity index (χ0v) is 20.7. The molecule has 1 aromatic heterocycles. The van der Waals surface area contributed by atoms with E-state index in [9.17, 15) is 9.59 Å². The monoisotopic (exact) mass is 462 g/mol. The molecule has 1 amide bonds. The molecule has 0 spiro atoms. The van der Waals surface area contributed by atoms with Gasteiger partial charge in [0.25, 0.3) is 5.91 Å². The van der Waals surface area contributed by atoms with E-state index in [1.54, 1.807) is 0 Å². The maximum absolute atomic E-state index is 13.0. The Labute approximate surface area is 200 Å². The summed E-state index contributed by atoms with van der Waals surface area (Å²) in [6.07, 6.45) is 0. The Kier molecular flexibility index (Phi) is 6.91. The molecule has 3 aromatic rings. The quantitative estimate of drug-likeness (QED) is 0.604. The van der Waals surface area contributed by atoms with Gasteiger partial charge in [-0.05, 0) is 53.6 Å². The molecule has 2 heterocycles. The molecule has 1 aliphatic heterocycles. The van der Waals surface area contributed by atoms with Gasteiger partial charge < -0.3 is 14.5 Å². The van der Waals surface area contributed by atoms with Crippen molar-refractivity contribution in [1.29, 1.82) is 0 Å². The number of nitrogens with one attached hydrogen (secondary N) is 1. The molecule has 1 aliphatic rings. The smallest absolute Gasteiger partial charge is 0.287 e. The van der Waals surface area contributed by atoms with Gasteiger partial charge in [0.05, 0.1) is 24.6 Å². The molecule has 0 saturated carbocycles. The van der Waals surface area contributed by atoms with E-state index in [4.69, 9.17) is 9.15 Å². The first-order valence-corrected chi connectivity index (χ1v) is 11.9. The number of fused-ring (bicyclic) bond motifs is 1. The SMILES string of the molecule is Cc1cc2oc(C(=O)NCC(c3ccc(C(C)(C)C)cc3)N3CCOCC3)cc(=O)c2cc1C. The minimum Gasteiger partial charge on any atom is -0.451 e. The number of amides is 1. The number of hydrogen-bond donors (Lipinski definition) is 1. The molecule has 1 unspecified atom stereocenters. The minimum atomic E-state index is -0.387. The Morgan fingerprint density at radius 2 is 1.68 bits per heavy atom. The first-order chi connectivity index (χ1) is 16.1. The zero-order valence-electron chi connectivity index (χ0n) is 20.7. The van der Waals surface area contributed by atoms with Crippen LogP contribution in [0.1, 0.15) is 59.6 Å². The standard InChI is InChI=1S/C28H34N2O4/c1-18-14-22-24(31)16-26(34-25(22)15-19(18)2)27(32)29-17-23(30-10-12-33-13-11-30)20-6-8-21(9-7-20)28(3,4)5/h6-9,14-16,23H,10-13,17H2,1-5H3,(H,29,32). The van der Waals surface area contributed by atoms with Crippen LogP contribution in [0.3, 0.4) is 0 Å². The molecular formula is C28H34N2O4. The van der Waals surface area contributed by atoms with E-state index in [1.807, 2.05) is 26.0 Å². The van der Waals surface area contributed by atoms with Crippen LogP contribution < -0.4 is 10.7 Å². The van der Waals surface area contributed by atoms with Crippen LogP contribution in [0.25, 0.3) is 11.0 Å². The van der Waals surface area contributed by atoms with Gasteiger partial charge in [-0.3, -0.25) is 14.5 Å². The Morgan fingerprint density at radius 1 is 1.03 bits per heavy atom. The van der Waals surface area contributed by atoms with E-state index in [0.29, 0.717) is 30.7 Å². The second kappa shape index (κ2) is 9.72. The summed E-state index contributed by atoms with van der Waals surface area (Å²) in [5.74, 6) is -0.355.